The fourth-order valence-corrected chi connectivity index (χ4v) is 2.61. The smallest absolute Gasteiger partial charge is 0.233 e. The van der Waals surface area contributed by atoms with Gasteiger partial charge in [0.15, 0.2) is 0 Å². The molecule has 0 spiro atoms. The van der Waals surface area contributed by atoms with Crippen molar-refractivity contribution in [3.8, 4) is 0 Å². The van der Waals surface area contributed by atoms with Crippen LogP contribution < -0.4 is 0 Å². The number of imide groups is 1. The molecule has 1 saturated heterocycles. The van der Waals surface area contributed by atoms with Gasteiger partial charge >= 0.3 is 0 Å². The number of likely N-dealkylation sites (tertiary alicyclic amines) is 1. The number of carbonyl (C=O) groups excluding carboxylic acids is 3. The van der Waals surface area contributed by atoms with Gasteiger partial charge < -0.3 is 0 Å². The molecule has 0 aromatic rings. The average Bonchev–Trinajstić information content (AvgIpc) is 2.44. The lowest BCUT2D eigenvalue weighted by Crippen LogP contribution is -2.35. The van der Waals surface area contributed by atoms with Gasteiger partial charge in [0.05, 0.1) is 18.4 Å². The topological polar surface area (TPSA) is 54.5 Å². The summed E-state index contributed by atoms with van der Waals surface area (Å²) < 4.78 is 0. The third-order valence-electron chi connectivity index (χ3n) is 3.31. The zero-order valence-corrected chi connectivity index (χ0v) is 8.86. The van der Waals surface area contributed by atoms with E-state index in [1.807, 2.05) is 0 Å². The normalized spacial score (nSPS) is 30.6. The highest BCUT2D eigenvalue weighted by Crippen LogP contribution is 2.37. The van der Waals surface area contributed by atoms with Crippen LogP contribution >= 0.6 is 0 Å². The minimum Gasteiger partial charge on any atom is -0.298 e. The van der Waals surface area contributed by atoms with Crippen molar-refractivity contribution in [1.82, 2.24) is 4.90 Å². The summed E-state index contributed by atoms with van der Waals surface area (Å²) in [4.78, 5) is 35.8. The number of carbonyl (C=O) groups is 3. The molecule has 1 heterocycles. The first-order valence-corrected chi connectivity index (χ1v) is 5.46. The number of ketones is 1. The van der Waals surface area contributed by atoms with Crippen LogP contribution in [0.5, 0.6) is 0 Å². The first-order valence-electron chi connectivity index (χ1n) is 5.46. The molecule has 1 aliphatic carbocycles. The van der Waals surface area contributed by atoms with Gasteiger partial charge in [0, 0.05) is 0 Å². The van der Waals surface area contributed by atoms with Crippen LogP contribution in [0.2, 0.25) is 0 Å². The zero-order valence-electron chi connectivity index (χ0n) is 8.86. The highest BCUT2D eigenvalue weighted by atomic mass is 16.2. The maximum atomic E-state index is 11.8. The van der Waals surface area contributed by atoms with Crippen molar-refractivity contribution in [2.24, 2.45) is 11.8 Å². The fraction of sp³-hybridized carbons (Fsp3) is 0.727. The Morgan fingerprint density at radius 3 is 2.07 bits per heavy atom. The molecule has 15 heavy (non-hydrogen) atoms. The van der Waals surface area contributed by atoms with Crippen LogP contribution in [-0.4, -0.2) is 29.0 Å². The Kier molecular flexibility index (Phi) is 2.59. The molecule has 2 atom stereocenters. The van der Waals surface area contributed by atoms with Crippen LogP contribution in [0.15, 0.2) is 0 Å². The van der Waals surface area contributed by atoms with Gasteiger partial charge in [-0.1, -0.05) is 12.8 Å². The molecule has 4 heteroatoms. The average molecular weight is 209 g/mol. The predicted molar refractivity (Wildman–Crippen MR) is 52.8 cm³/mol. The number of hydrogen-bond acceptors (Lipinski definition) is 3. The summed E-state index contributed by atoms with van der Waals surface area (Å²) in [6.45, 7) is 1.37. The van der Waals surface area contributed by atoms with Crippen molar-refractivity contribution >= 4 is 17.6 Å². The number of Topliss-reactive ketones (excluding diaryl/α,β-unsaturated/α-hetero) is 1. The Labute approximate surface area is 88.6 Å². The zero-order chi connectivity index (χ0) is 11.0. The van der Waals surface area contributed by atoms with E-state index in [0.717, 1.165) is 30.6 Å². The second-order valence-corrected chi connectivity index (χ2v) is 4.46. The van der Waals surface area contributed by atoms with Crippen LogP contribution in [0.1, 0.15) is 32.6 Å². The third kappa shape index (κ3) is 1.68. The molecular formula is C11H15NO3. The molecule has 0 aromatic heterocycles. The van der Waals surface area contributed by atoms with Gasteiger partial charge in [-0.2, -0.15) is 0 Å². The van der Waals surface area contributed by atoms with Crippen LogP contribution in [0.25, 0.3) is 0 Å². The SMILES string of the molecule is CC(=O)CN1C(=O)[C@H]2CCCC[C@@H]2C1=O. The summed E-state index contributed by atoms with van der Waals surface area (Å²) in [6.07, 6.45) is 3.66. The molecule has 0 aromatic carbocycles. The molecule has 0 bridgehead atoms. The van der Waals surface area contributed by atoms with E-state index in [1.165, 1.54) is 6.92 Å². The van der Waals surface area contributed by atoms with Crippen LogP contribution in [0.4, 0.5) is 0 Å². The van der Waals surface area contributed by atoms with E-state index < -0.39 is 0 Å². The summed E-state index contributed by atoms with van der Waals surface area (Å²) in [6, 6.07) is 0. The Balaban J connectivity index is 2.17. The molecule has 0 radical (unpaired) electrons. The fourth-order valence-electron chi connectivity index (χ4n) is 2.61. The number of nitrogens with zero attached hydrogens (tertiary/aromatic N) is 1. The molecule has 2 fully saturated rings. The van der Waals surface area contributed by atoms with E-state index in [9.17, 15) is 14.4 Å². The Hall–Kier alpha value is -1.19. The lowest BCUT2D eigenvalue weighted by molar-refractivity contribution is -0.142. The van der Waals surface area contributed by atoms with Crippen molar-refractivity contribution in [3.05, 3.63) is 0 Å². The van der Waals surface area contributed by atoms with E-state index in [0.29, 0.717) is 0 Å². The molecule has 1 aliphatic heterocycles. The molecule has 2 rings (SSSR count). The standard InChI is InChI=1S/C11H15NO3/c1-7(13)6-12-10(14)8-4-2-3-5-9(8)11(12)15/h8-9H,2-6H2,1H3/t8-,9-/m0/s1. The molecule has 0 unspecified atom stereocenters. The van der Waals surface area contributed by atoms with Gasteiger partial charge in [0.1, 0.15) is 5.78 Å². The highest BCUT2D eigenvalue weighted by molar-refractivity contribution is 6.07. The molecule has 2 amide bonds. The lowest BCUT2D eigenvalue weighted by Gasteiger charge is -2.19. The van der Waals surface area contributed by atoms with Gasteiger partial charge in [-0.25, -0.2) is 0 Å². The molecular weight excluding hydrogens is 194 g/mol. The molecule has 4 nitrogen and oxygen atoms in total. The van der Waals surface area contributed by atoms with Crippen molar-refractivity contribution in [3.63, 3.8) is 0 Å². The molecule has 1 saturated carbocycles. The number of hydrogen-bond donors (Lipinski definition) is 0. The monoisotopic (exact) mass is 209 g/mol. The first-order chi connectivity index (χ1) is 7.11. The minimum absolute atomic E-state index is 0.0370. The second kappa shape index (κ2) is 3.76. The van der Waals surface area contributed by atoms with Gasteiger partial charge in [-0.15, -0.1) is 0 Å². The van der Waals surface area contributed by atoms with E-state index >= 15 is 0 Å². The minimum atomic E-state index is -0.134. The summed E-state index contributed by atoms with van der Waals surface area (Å²) in [5.41, 5.74) is 0. The maximum absolute atomic E-state index is 11.8. The summed E-state index contributed by atoms with van der Waals surface area (Å²) >= 11 is 0. The number of fused-ring (bicyclic) bond motifs is 1. The third-order valence-corrected chi connectivity index (χ3v) is 3.31. The van der Waals surface area contributed by atoms with Crippen LogP contribution in [-0.2, 0) is 14.4 Å². The largest absolute Gasteiger partial charge is 0.298 e. The van der Waals surface area contributed by atoms with Gasteiger partial charge in [-0.3, -0.25) is 19.3 Å². The summed E-state index contributed by atoms with van der Waals surface area (Å²) in [5.74, 6) is -0.647. The first kappa shape index (κ1) is 10.3. The lowest BCUT2D eigenvalue weighted by atomic mass is 9.81. The maximum Gasteiger partial charge on any atom is 0.233 e. The predicted octanol–water partition coefficient (Wildman–Crippen LogP) is 0.751. The van der Waals surface area contributed by atoms with Crippen LogP contribution in [0, 0.1) is 11.8 Å². The van der Waals surface area contributed by atoms with Crippen LogP contribution in [0.3, 0.4) is 0 Å². The molecule has 0 N–H and O–H groups in total. The number of rotatable bonds is 2. The van der Waals surface area contributed by atoms with Crippen molar-refractivity contribution in [1.29, 1.82) is 0 Å². The van der Waals surface area contributed by atoms with Crippen molar-refractivity contribution < 1.29 is 14.4 Å². The Bertz CT molecular complexity index is 300. The van der Waals surface area contributed by atoms with Gasteiger partial charge in [-0.05, 0) is 19.8 Å². The van der Waals surface area contributed by atoms with E-state index in [4.69, 9.17) is 0 Å². The van der Waals surface area contributed by atoms with Gasteiger partial charge in [0.2, 0.25) is 11.8 Å². The summed E-state index contributed by atoms with van der Waals surface area (Å²) in [7, 11) is 0. The second-order valence-electron chi connectivity index (χ2n) is 4.46. The number of amides is 2. The molecule has 2 aliphatic rings. The summed E-state index contributed by atoms with van der Waals surface area (Å²) in [5, 5.41) is 0. The van der Waals surface area contributed by atoms with Crippen molar-refractivity contribution in [2.75, 3.05) is 6.54 Å². The Morgan fingerprint density at radius 1 is 1.20 bits per heavy atom. The van der Waals surface area contributed by atoms with E-state index in [2.05, 4.69) is 0 Å². The van der Waals surface area contributed by atoms with Gasteiger partial charge in [0.25, 0.3) is 0 Å². The van der Waals surface area contributed by atoms with E-state index in [-0.39, 0.29) is 36.0 Å². The van der Waals surface area contributed by atoms with Crippen molar-refractivity contribution in [2.45, 2.75) is 32.6 Å². The quantitative estimate of drug-likeness (QED) is 0.631. The van der Waals surface area contributed by atoms with E-state index in [1.54, 1.807) is 0 Å². The Morgan fingerprint density at radius 2 is 1.67 bits per heavy atom. The highest BCUT2D eigenvalue weighted by Gasteiger charge is 2.48. The molecule has 82 valence electrons.